The largest absolute Gasteiger partial charge is 0.457 e. The minimum Gasteiger partial charge on any atom is -0.457 e. The molecule has 0 atom stereocenters. The van der Waals surface area contributed by atoms with Crippen LogP contribution in [0.25, 0.3) is 0 Å². The maximum Gasteiger partial charge on any atom is 0.338 e. The van der Waals surface area contributed by atoms with Gasteiger partial charge in [0.05, 0.1) is 11.1 Å². The van der Waals surface area contributed by atoms with Gasteiger partial charge in [-0.05, 0) is 42.0 Å². The number of nitrogens with zero attached hydrogens (tertiary/aromatic N) is 1. The Balaban J connectivity index is 2.03. The van der Waals surface area contributed by atoms with Crippen LogP contribution in [0.3, 0.4) is 0 Å². The summed E-state index contributed by atoms with van der Waals surface area (Å²) in [4.78, 5) is 11.7. The molecule has 0 aliphatic rings. The van der Waals surface area contributed by atoms with Gasteiger partial charge in [-0.25, -0.2) is 9.18 Å². The lowest BCUT2D eigenvalue weighted by molar-refractivity contribution is 0.0472. The van der Waals surface area contributed by atoms with Gasteiger partial charge in [0, 0.05) is 5.69 Å². The average molecular weight is 270 g/mol. The first kappa shape index (κ1) is 13.6. The first-order chi connectivity index (χ1) is 9.60. The highest BCUT2D eigenvalue weighted by atomic mass is 19.1. The van der Waals surface area contributed by atoms with E-state index in [1.807, 2.05) is 0 Å². The Hall–Kier alpha value is -2.87. The molecule has 2 rings (SSSR count). The molecule has 0 bridgehead atoms. The van der Waals surface area contributed by atoms with Crippen molar-refractivity contribution in [1.82, 2.24) is 0 Å². The van der Waals surface area contributed by atoms with Crippen LogP contribution in [0.5, 0.6) is 0 Å². The van der Waals surface area contributed by atoms with Crippen molar-refractivity contribution in [3.63, 3.8) is 0 Å². The number of benzene rings is 2. The molecule has 0 heterocycles. The average Bonchev–Trinajstić information content (AvgIpc) is 2.46. The molecule has 5 heteroatoms. The number of hydrogen-bond acceptors (Lipinski definition) is 4. The minimum atomic E-state index is -0.596. The molecular weight excluding hydrogens is 259 g/mol. The Morgan fingerprint density at radius 3 is 2.60 bits per heavy atom. The van der Waals surface area contributed by atoms with Crippen LogP contribution in [0, 0.1) is 17.1 Å². The number of rotatable bonds is 3. The maximum atomic E-state index is 13.1. The van der Waals surface area contributed by atoms with Crippen molar-refractivity contribution >= 4 is 11.7 Å². The van der Waals surface area contributed by atoms with Crippen molar-refractivity contribution in [2.24, 2.45) is 0 Å². The molecule has 0 saturated carbocycles. The molecule has 0 fully saturated rings. The van der Waals surface area contributed by atoms with Gasteiger partial charge in [0.25, 0.3) is 0 Å². The first-order valence-corrected chi connectivity index (χ1v) is 5.81. The summed E-state index contributed by atoms with van der Waals surface area (Å²) in [6, 6.07) is 12.0. The second-order valence-electron chi connectivity index (χ2n) is 4.12. The molecule has 0 aromatic heterocycles. The second kappa shape index (κ2) is 5.85. The molecule has 0 aliphatic carbocycles. The second-order valence-corrected chi connectivity index (χ2v) is 4.12. The quantitative estimate of drug-likeness (QED) is 0.687. The Morgan fingerprint density at radius 2 is 1.95 bits per heavy atom. The zero-order valence-electron chi connectivity index (χ0n) is 10.5. The molecule has 2 aromatic carbocycles. The predicted molar refractivity (Wildman–Crippen MR) is 71.1 cm³/mol. The molecule has 2 aromatic rings. The van der Waals surface area contributed by atoms with E-state index >= 15 is 0 Å². The first-order valence-electron chi connectivity index (χ1n) is 5.81. The molecule has 4 nitrogen and oxygen atoms in total. The number of nitrogens with two attached hydrogens (primary N) is 1. The summed E-state index contributed by atoms with van der Waals surface area (Å²) in [5.74, 6) is -1.10. The number of carbonyl (C=O) groups excluding carboxylic acids is 1. The normalized spacial score (nSPS) is 9.80. The fourth-order valence-corrected chi connectivity index (χ4v) is 1.60. The van der Waals surface area contributed by atoms with Crippen LogP contribution in [0.15, 0.2) is 42.5 Å². The van der Waals surface area contributed by atoms with Crippen molar-refractivity contribution in [3.8, 4) is 6.07 Å². The van der Waals surface area contributed by atoms with Crippen molar-refractivity contribution in [2.45, 2.75) is 6.61 Å². The lowest BCUT2D eigenvalue weighted by Gasteiger charge is -2.06. The summed E-state index contributed by atoms with van der Waals surface area (Å²) in [6.07, 6.45) is 0. The molecule has 0 unspecified atom stereocenters. The lowest BCUT2D eigenvalue weighted by atomic mass is 10.1. The summed E-state index contributed by atoms with van der Waals surface area (Å²) in [5.41, 5.74) is 6.92. The summed E-state index contributed by atoms with van der Waals surface area (Å²) < 4.78 is 18.2. The van der Waals surface area contributed by atoms with Crippen LogP contribution >= 0.6 is 0 Å². The standard InChI is InChI=1S/C15H11FN2O2/c16-14-6-1-10(7-12(14)8-17)9-20-15(19)11-2-4-13(18)5-3-11/h1-7H,9,18H2. The number of nitrogen functional groups attached to an aromatic ring is 1. The molecule has 0 spiro atoms. The van der Waals surface area contributed by atoms with Gasteiger partial charge in [0.2, 0.25) is 0 Å². The van der Waals surface area contributed by atoms with E-state index in [9.17, 15) is 9.18 Å². The molecular formula is C15H11FN2O2. The van der Waals surface area contributed by atoms with E-state index in [-0.39, 0.29) is 12.2 Å². The van der Waals surface area contributed by atoms with Crippen molar-refractivity contribution < 1.29 is 13.9 Å². The van der Waals surface area contributed by atoms with Gasteiger partial charge in [-0.1, -0.05) is 6.07 Å². The monoisotopic (exact) mass is 270 g/mol. The van der Waals surface area contributed by atoms with Gasteiger partial charge >= 0.3 is 5.97 Å². The third kappa shape index (κ3) is 3.12. The van der Waals surface area contributed by atoms with Crippen molar-refractivity contribution in [1.29, 1.82) is 5.26 Å². The number of hydrogen-bond donors (Lipinski definition) is 1. The number of carbonyl (C=O) groups is 1. The van der Waals surface area contributed by atoms with Crippen molar-refractivity contribution in [2.75, 3.05) is 5.73 Å². The van der Waals surface area contributed by atoms with Crippen LogP contribution in [-0.4, -0.2) is 5.97 Å². The van der Waals surface area contributed by atoms with Crippen LogP contribution < -0.4 is 5.73 Å². The van der Waals surface area contributed by atoms with Gasteiger partial charge < -0.3 is 10.5 Å². The summed E-state index contributed by atoms with van der Waals surface area (Å²) in [6.45, 7) is -0.0296. The Bertz CT molecular complexity index is 675. The highest BCUT2D eigenvalue weighted by Gasteiger charge is 2.08. The van der Waals surface area contributed by atoms with Crippen molar-refractivity contribution in [3.05, 3.63) is 65.0 Å². The Morgan fingerprint density at radius 1 is 1.25 bits per heavy atom. The predicted octanol–water partition coefficient (Wildman–Crippen LogP) is 2.64. The van der Waals surface area contributed by atoms with E-state index in [0.29, 0.717) is 16.8 Å². The number of ether oxygens (including phenoxy) is 1. The third-order valence-corrected chi connectivity index (χ3v) is 2.67. The zero-order valence-corrected chi connectivity index (χ0v) is 10.5. The van der Waals surface area contributed by atoms with Crippen LogP contribution in [0.4, 0.5) is 10.1 Å². The van der Waals surface area contributed by atoms with Crippen LogP contribution in [0.1, 0.15) is 21.5 Å². The maximum absolute atomic E-state index is 13.1. The fraction of sp³-hybridized carbons (Fsp3) is 0.0667. The Kier molecular flexibility index (Phi) is 3.96. The number of nitriles is 1. The zero-order chi connectivity index (χ0) is 14.5. The molecule has 0 aliphatic heterocycles. The van der Waals surface area contributed by atoms with Gasteiger partial charge in [-0.15, -0.1) is 0 Å². The Labute approximate surface area is 115 Å². The van der Waals surface area contributed by atoms with E-state index in [4.69, 9.17) is 15.7 Å². The molecule has 0 saturated heterocycles. The lowest BCUT2D eigenvalue weighted by Crippen LogP contribution is -2.05. The molecule has 20 heavy (non-hydrogen) atoms. The van der Waals surface area contributed by atoms with E-state index in [0.717, 1.165) is 0 Å². The van der Waals surface area contributed by atoms with E-state index < -0.39 is 11.8 Å². The number of esters is 1. The minimum absolute atomic E-state index is 0.0296. The molecule has 2 N–H and O–H groups in total. The summed E-state index contributed by atoms with van der Waals surface area (Å²) in [5, 5.41) is 8.71. The van der Waals surface area contributed by atoms with Crippen LogP contribution in [-0.2, 0) is 11.3 Å². The number of anilines is 1. The topological polar surface area (TPSA) is 76.1 Å². The van der Waals surface area contributed by atoms with E-state index in [1.165, 1.54) is 18.2 Å². The third-order valence-electron chi connectivity index (χ3n) is 2.67. The smallest absolute Gasteiger partial charge is 0.338 e. The van der Waals surface area contributed by atoms with Gasteiger partial charge in [-0.2, -0.15) is 5.26 Å². The number of halogens is 1. The van der Waals surface area contributed by atoms with E-state index in [2.05, 4.69) is 0 Å². The molecule has 100 valence electrons. The fourth-order valence-electron chi connectivity index (χ4n) is 1.60. The highest BCUT2D eigenvalue weighted by Crippen LogP contribution is 2.12. The van der Waals surface area contributed by atoms with Gasteiger partial charge in [0.1, 0.15) is 18.5 Å². The van der Waals surface area contributed by atoms with Gasteiger partial charge in [0.15, 0.2) is 0 Å². The highest BCUT2D eigenvalue weighted by molar-refractivity contribution is 5.89. The summed E-state index contributed by atoms with van der Waals surface area (Å²) in [7, 11) is 0. The molecule has 0 radical (unpaired) electrons. The summed E-state index contributed by atoms with van der Waals surface area (Å²) >= 11 is 0. The SMILES string of the molecule is N#Cc1cc(COC(=O)c2ccc(N)cc2)ccc1F. The molecule has 0 amide bonds. The van der Waals surface area contributed by atoms with E-state index in [1.54, 1.807) is 30.3 Å². The van der Waals surface area contributed by atoms with Gasteiger partial charge in [-0.3, -0.25) is 0 Å². The van der Waals surface area contributed by atoms with Crippen LogP contribution in [0.2, 0.25) is 0 Å².